The van der Waals surface area contributed by atoms with Crippen LogP contribution in [0.3, 0.4) is 0 Å². The number of hydrogen-bond acceptors (Lipinski definition) is 4. The van der Waals surface area contributed by atoms with Crippen molar-refractivity contribution in [2.45, 2.75) is 53.9 Å². The van der Waals surface area contributed by atoms with E-state index in [-0.39, 0.29) is 0 Å². The standard InChI is InChI=1S/C25H32N4/c1-6-16-29(17-7-2)24-20(8-3)27-25(22-18(4)12-11-13-19(22)5)28-23(24)21-14-9-10-15-26-21/h9-15H,6-8,16-17H2,1-5H3. The van der Waals surface area contributed by atoms with Crippen LogP contribution in [0.5, 0.6) is 0 Å². The molecule has 0 spiro atoms. The van der Waals surface area contributed by atoms with Crippen LogP contribution >= 0.6 is 0 Å². The highest BCUT2D eigenvalue weighted by molar-refractivity contribution is 5.78. The van der Waals surface area contributed by atoms with E-state index in [0.717, 1.165) is 66.5 Å². The number of hydrogen-bond donors (Lipinski definition) is 0. The molecule has 29 heavy (non-hydrogen) atoms. The summed E-state index contributed by atoms with van der Waals surface area (Å²) in [6.07, 6.45) is 4.88. The van der Waals surface area contributed by atoms with Crippen molar-refractivity contribution in [1.82, 2.24) is 15.0 Å². The fourth-order valence-corrected chi connectivity index (χ4v) is 3.92. The second kappa shape index (κ2) is 9.64. The van der Waals surface area contributed by atoms with Crippen LogP contribution < -0.4 is 4.90 Å². The predicted molar refractivity (Wildman–Crippen MR) is 122 cm³/mol. The zero-order chi connectivity index (χ0) is 20.8. The van der Waals surface area contributed by atoms with E-state index in [9.17, 15) is 0 Å². The second-order valence-electron chi connectivity index (χ2n) is 7.51. The summed E-state index contributed by atoms with van der Waals surface area (Å²) in [5.41, 5.74) is 7.62. The molecule has 152 valence electrons. The normalized spacial score (nSPS) is 10.9. The van der Waals surface area contributed by atoms with Crippen LogP contribution in [0.2, 0.25) is 0 Å². The molecule has 3 rings (SSSR count). The van der Waals surface area contributed by atoms with E-state index in [4.69, 9.17) is 9.97 Å². The van der Waals surface area contributed by atoms with Gasteiger partial charge in [0.25, 0.3) is 0 Å². The molecule has 0 N–H and O–H groups in total. The lowest BCUT2D eigenvalue weighted by Gasteiger charge is -2.28. The van der Waals surface area contributed by atoms with Crippen LogP contribution in [0.4, 0.5) is 5.69 Å². The predicted octanol–water partition coefficient (Wildman–Crippen LogP) is 6.01. The van der Waals surface area contributed by atoms with Crippen molar-refractivity contribution in [1.29, 1.82) is 0 Å². The zero-order valence-corrected chi connectivity index (χ0v) is 18.4. The fraction of sp³-hybridized carbons (Fsp3) is 0.400. The van der Waals surface area contributed by atoms with Gasteiger partial charge < -0.3 is 4.90 Å². The van der Waals surface area contributed by atoms with E-state index in [1.54, 1.807) is 0 Å². The molecular formula is C25H32N4. The van der Waals surface area contributed by atoms with E-state index in [1.807, 2.05) is 18.3 Å². The lowest BCUT2D eigenvalue weighted by Crippen LogP contribution is -2.27. The molecule has 0 aliphatic heterocycles. The topological polar surface area (TPSA) is 41.9 Å². The molecule has 3 aromatic rings. The first kappa shape index (κ1) is 21.0. The van der Waals surface area contributed by atoms with Crippen molar-refractivity contribution >= 4 is 5.69 Å². The van der Waals surface area contributed by atoms with E-state index in [2.05, 4.69) is 68.8 Å². The molecule has 0 bridgehead atoms. The van der Waals surface area contributed by atoms with Gasteiger partial charge in [0.2, 0.25) is 0 Å². The first-order valence-corrected chi connectivity index (χ1v) is 10.7. The number of nitrogens with zero attached hydrogens (tertiary/aromatic N) is 4. The maximum absolute atomic E-state index is 5.11. The third-order valence-corrected chi connectivity index (χ3v) is 5.21. The van der Waals surface area contributed by atoms with Gasteiger partial charge >= 0.3 is 0 Å². The van der Waals surface area contributed by atoms with Gasteiger partial charge in [-0.2, -0.15) is 0 Å². The average molecular weight is 389 g/mol. The number of aryl methyl sites for hydroxylation is 3. The summed E-state index contributed by atoms with van der Waals surface area (Å²) in [5, 5.41) is 0. The Labute approximate surface area is 175 Å². The Kier molecular flexibility index (Phi) is 6.97. The first-order chi connectivity index (χ1) is 14.1. The summed E-state index contributed by atoms with van der Waals surface area (Å²) >= 11 is 0. The van der Waals surface area contributed by atoms with Crippen molar-refractivity contribution in [2.75, 3.05) is 18.0 Å². The van der Waals surface area contributed by atoms with Crippen LogP contribution in [-0.2, 0) is 6.42 Å². The summed E-state index contributed by atoms with van der Waals surface area (Å²) < 4.78 is 0. The molecule has 4 nitrogen and oxygen atoms in total. The smallest absolute Gasteiger partial charge is 0.160 e. The molecule has 0 radical (unpaired) electrons. The lowest BCUT2D eigenvalue weighted by atomic mass is 10.0. The van der Waals surface area contributed by atoms with Gasteiger partial charge in [0, 0.05) is 24.8 Å². The van der Waals surface area contributed by atoms with Crippen molar-refractivity contribution in [3.05, 3.63) is 59.4 Å². The molecule has 2 aromatic heterocycles. The van der Waals surface area contributed by atoms with Crippen LogP contribution in [0.1, 0.15) is 50.4 Å². The highest BCUT2D eigenvalue weighted by Gasteiger charge is 2.22. The van der Waals surface area contributed by atoms with Gasteiger partial charge in [-0.15, -0.1) is 0 Å². The van der Waals surface area contributed by atoms with Crippen LogP contribution in [0, 0.1) is 13.8 Å². The highest BCUT2D eigenvalue weighted by Crippen LogP contribution is 2.35. The number of benzene rings is 1. The van der Waals surface area contributed by atoms with Gasteiger partial charge in [-0.1, -0.05) is 45.0 Å². The molecule has 0 saturated carbocycles. The minimum absolute atomic E-state index is 0.801. The molecule has 2 heterocycles. The molecule has 0 fully saturated rings. The Bertz CT molecular complexity index is 924. The number of anilines is 1. The highest BCUT2D eigenvalue weighted by atomic mass is 15.2. The number of pyridine rings is 1. The second-order valence-corrected chi connectivity index (χ2v) is 7.51. The monoisotopic (exact) mass is 388 g/mol. The fourth-order valence-electron chi connectivity index (χ4n) is 3.92. The maximum Gasteiger partial charge on any atom is 0.160 e. The van der Waals surface area contributed by atoms with Gasteiger partial charge in [-0.05, 0) is 56.4 Å². The molecule has 1 aromatic carbocycles. The summed E-state index contributed by atoms with van der Waals surface area (Å²) in [4.78, 5) is 17.3. The maximum atomic E-state index is 5.11. The Morgan fingerprint density at radius 2 is 1.52 bits per heavy atom. The van der Waals surface area contributed by atoms with E-state index in [1.165, 1.54) is 11.1 Å². The largest absolute Gasteiger partial charge is 0.368 e. The Balaban J connectivity index is 2.31. The number of aromatic nitrogens is 3. The Morgan fingerprint density at radius 1 is 0.828 bits per heavy atom. The van der Waals surface area contributed by atoms with Gasteiger partial charge in [0.1, 0.15) is 5.69 Å². The molecule has 0 aliphatic rings. The molecule has 0 atom stereocenters. The van der Waals surface area contributed by atoms with E-state index >= 15 is 0 Å². The van der Waals surface area contributed by atoms with E-state index in [0.29, 0.717) is 0 Å². The minimum Gasteiger partial charge on any atom is -0.368 e. The first-order valence-electron chi connectivity index (χ1n) is 10.7. The molecule has 0 saturated heterocycles. The molecule has 0 amide bonds. The van der Waals surface area contributed by atoms with Crippen molar-refractivity contribution in [2.24, 2.45) is 0 Å². The van der Waals surface area contributed by atoms with Crippen LogP contribution in [0.25, 0.3) is 22.8 Å². The third-order valence-electron chi connectivity index (χ3n) is 5.21. The summed E-state index contributed by atoms with van der Waals surface area (Å²) in [6.45, 7) is 12.9. The quantitative estimate of drug-likeness (QED) is 0.474. The van der Waals surface area contributed by atoms with Gasteiger partial charge in [0.15, 0.2) is 5.82 Å². The summed E-state index contributed by atoms with van der Waals surface area (Å²) in [6, 6.07) is 12.4. The SMILES string of the molecule is CCCN(CCC)c1c(CC)nc(-c2c(C)cccc2C)nc1-c1ccccn1. The van der Waals surface area contributed by atoms with Gasteiger partial charge in [-0.3, -0.25) is 4.98 Å². The van der Waals surface area contributed by atoms with Crippen molar-refractivity contribution < 1.29 is 0 Å². The summed E-state index contributed by atoms with van der Waals surface area (Å²) in [7, 11) is 0. The van der Waals surface area contributed by atoms with Gasteiger partial charge in [0.05, 0.1) is 17.1 Å². The molecular weight excluding hydrogens is 356 g/mol. The van der Waals surface area contributed by atoms with Gasteiger partial charge in [-0.25, -0.2) is 9.97 Å². The van der Waals surface area contributed by atoms with Crippen molar-refractivity contribution in [3.63, 3.8) is 0 Å². The van der Waals surface area contributed by atoms with E-state index < -0.39 is 0 Å². The minimum atomic E-state index is 0.801. The average Bonchev–Trinajstić information content (AvgIpc) is 2.73. The molecule has 0 aliphatic carbocycles. The summed E-state index contributed by atoms with van der Waals surface area (Å²) in [5.74, 6) is 0.801. The lowest BCUT2D eigenvalue weighted by molar-refractivity contribution is 0.735. The van der Waals surface area contributed by atoms with Crippen molar-refractivity contribution in [3.8, 4) is 22.8 Å². The Hall–Kier alpha value is -2.75. The van der Waals surface area contributed by atoms with Crippen LogP contribution in [0.15, 0.2) is 42.6 Å². The Morgan fingerprint density at radius 3 is 2.07 bits per heavy atom. The molecule has 0 unspecified atom stereocenters. The number of rotatable bonds is 8. The zero-order valence-electron chi connectivity index (χ0n) is 18.4. The molecule has 4 heteroatoms. The van der Waals surface area contributed by atoms with Crippen LogP contribution in [-0.4, -0.2) is 28.0 Å². The third kappa shape index (κ3) is 4.47.